The fourth-order valence-electron chi connectivity index (χ4n) is 3.20. The summed E-state index contributed by atoms with van der Waals surface area (Å²) in [5, 5.41) is 1.08. The highest BCUT2D eigenvalue weighted by Gasteiger charge is 2.28. The van der Waals surface area contributed by atoms with E-state index in [2.05, 4.69) is 9.71 Å². The van der Waals surface area contributed by atoms with E-state index in [1.165, 1.54) is 0 Å². The lowest BCUT2D eigenvalue weighted by Crippen LogP contribution is -2.48. The molecular weight excluding hydrogens is 310 g/mol. The van der Waals surface area contributed by atoms with Gasteiger partial charge in [0.25, 0.3) is 10.2 Å². The Hall–Kier alpha value is -1.50. The number of nitrogens with zero attached hydrogens (tertiary/aromatic N) is 2. The molecule has 1 atom stereocenters. The molecule has 23 heavy (non-hydrogen) atoms. The molecule has 6 heteroatoms. The van der Waals surface area contributed by atoms with E-state index in [4.69, 9.17) is 0 Å². The molecule has 1 saturated heterocycles. The molecular formula is C17H23N3O2S. The number of fused-ring (bicyclic) bond motifs is 1. The van der Waals surface area contributed by atoms with E-state index in [0.717, 1.165) is 35.7 Å². The molecule has 124 valence electrons. The Balaban J connectivity index is 1.66. The first-order valence-electron chi connectivity index (χ1n) is 8.17. The van der Waals surface area contributed by atoms with E-state index in [0.29, 0.717) is 19.5 Å². The normalized spacial score (nSPS) is 20.0. The number of aromatic nitrogens is 1. The van der Waals surface area contributed by atoms with E-state index in [9.17, 15) is 8.42 Å². The molecule has 0 aliphatic carbocycles. The molecule has 3 rings (SSSR count). The zero-order valence-corrected chi connectivity index (χ0v) is 14.2. The number of benzene rings is 1. The summed E-state index contributed by atoms with van der Waals surface area (Å²) in [6, 6.07) is 10.0. The van der Waals surface area contributed by atoms with Crippen molar-refractivity contribution >= 4 is 21.1 Å². The minimum absolute atomic E-state index is 0.0838. The molecule has 1 N–H and O–H groups in total. The summed E-state index contributed by atoms with van der Waals surface area (Å²) in [7, 11) is -3.39. The van der Waals surface area contributed by atoms with E-state index < -0.39 is 10.2 Å². The Morgan fingerprint density at radius 1 is 1.26 bits per heavy atom. The predicted molar refractivity (Wildman–Crippen MR) is 92.4 cm³/mol. The third kappa shape index (κ3) is 3.71. The molecule has 5 nitrogen and oxygen atoms in total. The van der Waals surface area contributed by atoms with Crippen molar-refractivity contribution in [2.24, 2.45) is 0 Å². The van der Waals surface area contributed by atoms with Crippen molar-refractivity contribution in [2.75, 3.05) is 13.1 Å². The summed E-state index contributed by atoms with van der Waals surface area (Å²) < 4.78 is 29.2. The van der Waals surface area contributed by atoms with Gasteiger partial charge in [0.05, 0.1) is 5.52 Å². The summed E-state index contributed by atoms with van der Waals surface area (Å²) in [6.45, 7) is 2.99. The maximum atomic E-state index is 12.4. The maximum absolute atomic E-state index is 12.4. The van der Waals surface area contributed by atoms with Crippen LogP contribution in [0, 0.1) is 0 Å². The Kier molecular flexibility index (Phi) is 4.94. The summed E-state index contributed by atoms with van der Waals surface area (Å²) in [4.78, 5) is 4.41. The van der Waals surface area contributed by atoms with Crippen molar-refractivity contribution < 1.29 is 8.42 Å². The second-order valence-corrected chi connectivity index (χ2v) is 7.80. The number of rotatable bonds is 5. The Bertz CT molecular complexity index is 771. The standard InChI is InChI=1S/C17H23N3O2S/c1-14-6-2-3-13-20(14)23(21,22)19-12-10-16-8-4-7-15-9-5-11-18-17(15)16/h4-5,7-9,11,14,19H,2-3,6,10,12-13H2,1H3. The lowest BCUT2D eigenvalue weighted by Gasteiger charge is -2.32. The van der Waals surface area contributed by atoms with Gasteiger partial charge in [0, 0.05) is 30.7 Å². The predicted octanol–water partition coefficient (Wildman–Crippen LogP) is 2.49. The van der Waals surface area contributed by atoms with Crippen molar-refractivity contribution in [3.05, 3.63) is 42.1 Å². The van der Waals surface area contributed by atoms with Gasteiger partial charge in [-0.05, 0) is 37.8 Å². The van der Waals surface area contributed by atoms with Crippen molar-refractivity contribution in [3.63, 3.8) is 0 Å². The molecule has 2 aromatic rings. The maximum Gasteiger partial charge on any atom is 0.279 e. The number of para-hydroxylation sites is 1. The highest BCUT2D eigenvalue weighted by atomic mass is 32.2. The zero-order chi connectivity index (χ0) is 16.3. The number of nitrogens with one attached hydrogen (secondary N) is 1. The molecule has 1 unspecified atom stereocenters. The van der Waals surface area contributed by atoms with Crippen LogP contribution in [0.2, 0.25) is 0 Å². The fraction of sp³-hybridized carbons (Fsp3) is 0.471. The van der Waals surface area contributed by atoms with Crippen molar-refractivity contribution in [1.82, 2.24) is 14.0 Å². The number of pyridine rings is 1. The van der Waals surface area contributed by atoms with Gasteiger partial charge in [-0.15, -0.1) is 0 Å². The zero-order valence-electron chi connectivity index (χ0n) is 13.4. The van der Waals surface area contributed by atoms with Gasteiger partial charge in [0.2, 0.25) is 0 Å². The van der Waals surface area contributed by atoms with Crippen LogP contribution in [0.25, 0.3) is 10.9 Å². The highest BCUT2D eigenvalue weighted by Crippen LogP contribution is 2.19. The number of hydrogen-bond acceptors (Lipinski definition) is 3. The van der Waals surface area contributed by atoms with Crippen LogP contribution in [0.5, 0.6) is 0 Å². The van der Waals surface area contributed by atoms with Gasteiger partial charge in [0.15, 0.2) is 0 Å². The van der Waals surface area contributed by atoms with Crippen LogP contribution in [-0.2, 0) is 16.6 Å². The first-order chi connectivity index (χ1) is 11.1. The molecule has 1 aliphatic rings. The summed E-state index contributed by atoms with van der Waals surface area (Å²) in [6.07, 6.45) is 5.39. The molecule has 0 radical (unpaired) electrons. The Morgan fingerprint density at radius 3 is 2.91 bits per heavy atom. The molecule has 1 aliphatic heterocycles. The van der Waals surface area contributed by atoms with Crippen molar-refractivity contribution in [2.45, 2.75) is 38.6 Å². The van der Waals surface area contributed by atoms with Gasteiger partial charge < -0.3 is 0 Å². The van der Waals surface area contributed by atoms with Crippen LogP contribution in [-0.4, -0.2) is 36.8 Å². The summed E-state index contributed by atoms with van der Waals surface area (Å²) >= 11 is 0. The summed E-state index contributed by atoms with van der Waals surface area (Å²) in [5.74, 6) is 0. The van der Waals surface area contributed by atoms with Crippen LogP contribution in [0.3, 0.4) is 0 Å². The second kappa shape index (κ2) is 6.95. The quantitative estimate of drug-likeness (QED) is 0.914. The fourth-order valence-corrected chi connectivity index (χ4v) is 4.67. The van der Waals surface area contributed by atoms with Gasteiger partial charge >= 0.3 is 0 Å². The largest absolute Gasteiger partial charge is 0.279 e. The molecule has 0 bridgehead atoms. The first-order valence-corrected chi connectivity index (χ1v) is 9.61. The van der Waals surface area contributed by atoms with Crippen LogP contribution in [0.4, 0.5) is 0 Å². The molecule has 1 fully saturated rings. The van der Waals surface area contributed by atoms with Gasteiger partial charge in [-0.3, -0.25) is 4.98 Å². The SMILES string of the molecule is CC1CCCCN1S(=O)(=O)NCCc1cccc2cccnc12. The Morgan fingerprint density at radius 2 is 2.09 bits per heavy atom. The van der Waals surface area contributed by atoms with E-state index in [1.54, 1.807) is 10.5 Å². The molecule has 2 heterocycles. The highest BCUT2D eigenvalue weighted by molar-refractivity contribution is 7.87. The first kappa shape index (κ1) is 16.4. The number of piperidine rings is 1. The average Bonchev–Trinajstić information content (AvgIpc) is 2.55. The lowest BCUT2D eigenvalue weighted by atomic mass is 10.1. The molecule has 0 saturated carbocycles. The Labute approximate surface area is 137 Å². The third-order valence-corrected chi connectivity index (χ3v) is 6.17. The molecule has 1 aromatic carbocycles. The van der Waals surface area contributed by atoms with E-state index in [-0.39, 0.29) is 6.04 Å². The minimum atomic E-state index is -3.39. The van der Waals surface area contributed by atoms with Crippen LogP contribution in [0.15, 0.2) is 36.5 Å². The van der Waals surface area contributed by atoms with Crippen molar-refractivity contribution in [3.8, 4) is 0 Å². The van der Waals surface area contributed by atoms with E-state index in [1.807, 2.05) is 37.3 Å². The number of hydrogen-bond donors (Lipinski definition) is 1. The monoisotopic (exact) mass is 333 g/mol. The van der Waals surface area contributed by atoms with Crippen molar-refractivity contribution in [1.29, 1.82) is 0 Å². The van der Waals surface area contributed by atoms with Crippen LogP contribution >= 0.6 is 0 Å². The van der Waals surface area contributed by atoms with Crippen LogP contribution < -0.4 is 4.72 Å². The average molecular weight is 333 g/mol. The molecule has 0 amide bonds. The third-order valence-electron chi connectivity index (χ3n) is 4.45. The molecule has 0 spiro atoms. The van der Waals surface area contributed by atoms with Gasteiger partial charge in [-0.1, -0.05) is 30.7 Å². The summed E-state index contributed by atoms with van der Waals surface area (Å²) in [5.41, 5.74) is 2.01. The van der Waals surface area contributed by atoms with Crippen LogP contribution in [0.1, 0.15) is 31.7 Å². The molecule has 1 aromatic heterocycles. The minimum Gasteiger partial charge on any atom is -0.256 e. The van der Waals surface area contributed by atoms with Gasteiger partial charge in [-0.25, -0.2) is 4.72 Å². The van der Waals surface area contributed by atoms with Gasteiger partial charge in [0.1, 0.15) is 0 Å². The smallest absolute Gasteiger partial charge is 0.256 e. The van der Waals surface area contributed by atoms with E-state index >= 15 is 0 Å². The lowest BCUT2D eigenvalue weighted by molar-refractivity contribution is 0.265. The second-order valence-electron chi connectivity index (χ2n) is 6.10. The van der Waals surface area contributed by atoms with Gasteiger partial charge in [-0.2, -0.15) is 12.7 Å². The topological polar surface area (TPSA) is 62.3 Å².